The number of amides is 1. The Bertz CT molecular complexity index is 1030. The van der Waals surface area contributed by atoms with Crippen molar-refractivity contribution in [2.45, 2.75) is 25.5 Å². The summed E-state index contributed by atoms with van der Waals surface area (Å²) in [6.07, 6.45) is 0. The minimum absolute atomic E-state index is 0.121. The van der Waals surface area contributed by atoms with E-state index in [1.807, 2.05) is 24.5 Å². The Morgan fingerprint density at radius 1 is 1.32 bits per heavy atom. The molecule has 3 rings (SSSR count). The third-order valence-electron chi connectivity index (χ3n) is 4.11. The summed E-state index contributed by atoms with van der Waals surface area (Å²) in [5, 5.41) is 22.6. The normalized spacial score (nSPS) is 10.9. The summed E-state index contributed by atoms with van der Waals surface area (Å²) in [5.74, 6) is 0.688. The van der Waals surface area contributed by atoms with Gasteiger partial charge in [0.2, 0.25) is 5.91 Å². The number of rotatable bonds is 6. The predicted molar refractivity (Wildman–Crippen MR) is 116 cm³/mol. The molecule has 2 aromatic carbocycles. The second-order valence-corrected chi connectivity index (χ2v) is 8.23. The van der Waals surface area contributed by atoms with Crippen molar-refractivity contribution in [3.05, 3.63) is 51.5 Å². The van der Waals surface area contributed by atoms with Crippen molar-refractivity contribution in [2.75, 3.05) is 11.1 Å². The number of hydrogen-bond donors (Lipinski definition) is 2. The van der Waals surface area contributed by atoms with E-state index in [-0.39, 0.29) is 17.4 Å². The number of nitrogens with one attached hydrogen (secondary N) is 1. The van der Waals surface area contributed by atoms with Gasteiger partial charge in [-0.1, -0.05) is 45.4 Å². The summed E-state index contributed by atoms with van der Waals surface area (Å²) < 4.78 is 2.70. The zero-order valence-corrected chi connectivity index (χ0v) is 18.4. The van der Waals surface area contributed by atoms with Crippen molar-refractivity contribution in [3.63, 3.8) is 0 Å². The average molecular weight is 482 g/mol. The Kier molecular flexibility index (Phi) is 6.64. The van der Waals surface area contributed by atoms with E-state index in [0.29, 0.717) is 33.8 Å². The van der Waals surface area contributed by atoms with E-state index in [4.69, 9.17) is 11.6 Å². The molecule has 6 nitrogen and oxygen atoms in total. The third-order valence-corrected chi connectivity index (χ3v) is 5.98. The van der Waals surface area contributed by atoms with E-state index >= 15 is 0 Å². The lowest BCUT2D eigenvalue weighted by Crippen LogP contribution is -2.15. The van der Waals surface area contributed by atoms with E-state index in [9.17, 15) is 9.90 Å². The molecule has 0 spiro atoms. The number of halogens is 2. The van der Waals surface area contributed by atoms with Gasteiger partial charge in [0.05, 0.1) is 11.3 Å². The monoisotopic (exact) mass is 480 g/mol. The molecule has 9 heteroatoms. The molecule has 0 radical (unpaired) electrons. The van der Waals surface area contributed by atoms with Gasteiger partial charge in [-0.3, -0.25) is 4.79 Å². The second kappa shape index (κ2) is 8.98. The SMILES string of the molecule is CCn1c(SCC(=O)Nc2cccc(Cl)c2C)nnc1-c1cc(Br)ccc1O. The Balaban J connectivity index is 1.75. The molecule has 2 N–H and O–H groups in total. The van der Waals surface area contributed by atoms with Crippen LogP contribution in [0.3, 0.4) is 0 Å². The summed E-state index contributed by atoms with van der Waals surface area (Å²) in [5.41, 5.74) is 2.09. The lowest BCUT2D eigenvalue weighted by Gasteiger charge is -2.10. The first kappa shape index (κ1) is 20.7. The fraction of sp³-hybridized carbons (Fsp3) is 0.211. The van der Waals surface area contributed by atoms with Gasteiger partial charge in [-0.25, -0.2) is 0 Å². The van der Waals surface area contributed by atoms with Crippen molar-refractivity contribution in [2.24, 2.45) is 0 Å². The van der Waals surface area contributed by atoms with Gasteiger partial charge in [-0.05, 0) is 49.7 Å². The molecule has 0 saturated heterocycles. The maximum atomic E-state index is 12.3. The first-order valence-electron chi connectivity index (χ1n) is 8.50. The molecular weight excluding hydrogens is 464 g/mol. The topological polar surface area (TPSA) is 80.0 Å². The first-order chi connectivity index (χ1) is 13.4. The van der Waals surface area contributed by atoms with Crippen LogP contribution >= 0.6 is 39.3 Å². The number of nitrogens with zero attached hydrogens (tertiary/aromatic N) is 3. The number of aromatic nitrogens is 3. The number of aromatic hydroxyl groups is 1. The highest BCUT2D eigenvalue weighted by molar-refractivity contribution is 9.10. The van der Waals surface area contributed by atoms with Crippen molar-refractivity contribution in [3.8, 4) is 17.1 Å². The molecule has 28 heavy (non-hydrogen) atoms. The summed E-state index contributed by atoms with van der Waals surface area (Å²) in [4.78, 5) is 12.3. The van der Waals surface area contributed by atoms with Crippen molar-refractivity contribution < 1.29 is 9.90 Å². The van der Waals surface area contributed by atoms with Crippen LogP contribution in [0.2, 0.25) is 5.02 Å². The third kappa shape index (κ3) is 4.51. The van der Waals surface area contributed by atoms with Crippen LogP contribution in [0.5, 0.6) is 5.75 Å². The highest BCUT2D eigenvalue weighted by atomic mass is 79.9. The van der Waals surface area contributed by atoms with Gasteiger partial charge in [0.15, 0.2) is 11.0 Å². The lowest BCUT2D eigenvalue weighted by molar-refractivity contribution is -0.113. The fourth-order valence-electron chi connectivity index (χ4n) is 2.63. The van der Waals surface area contributed by atoms with E-state index in [1.54, 1.807) is 30.3 Å². The molecule has 0 saturated carbocycles. The number of thioether (sulfide) groups is 1. The van der Waals surface area contributed by atoms with Gasteiger partial charge in [-0.2, -0.15) is 0 Å². The largest absolute Gasteiger partial charge is 0.507 e. The highest BCUT2D eigenvalue weighted by Crippen LogP contribution is 2.32. The molecule has 0 atom stereocenters. The number of anilines is 1. The van der Waals surface area contributed by atoms with E-state index in [1.165, 1.54) is 11.8 Å². The summed E-state index contributed by atoms with van der Waals surface area (Å²) in [6, 6.07) is 10.5. The van der Waals surface area contributed by atoms with Crippen LogP contribution in [-0.2, 0) is 11.3 Å². The van der Waals surface area contributed by atoms with Gasteiger partial charge in [0.1, 0.15) is 5.75 Å². The molecule has 0 aliphatic heterocycles. The van der Waals surface area contributed by atoms with Gasteiger partial charge in [0.25, 0.3) is 0 Å². The Labute approximate surface area is 180 Å². The second-order valence-electron chi connectivity index (χ2n) is 5.96. The molecular formula is C19H18BrClN4O2S. The maximum Gasteiger partial charge on any atom is 0.234 e. The molecule has 3 aromatic rings. The molecule has 1 aromatic heterocycles. The van der Waals surface area contributed by atoms with Crippen molar-refractivity contribution >= 4 is 50.9 Å². The number of phenols is 1. The minimum atomic E-state index is -0.159. The predicted octanol–water partition coefficient (Wildman–Crippen LogP) is 5.13. The van der Waals surface area contributed by atoms with Crippen LogP contribution in [0.15, 0.2) is 46.0 Å². The lowest BCUT2D eigenvalue weighted by atomic mass is 10.2. The number of phenolic OH excluding ortho intramolecular Hbond substituents is 1. The highest BCUT2D eigenvalue weighted by Gasteiger charge is 2.17. The quantitative estimate of drug-likeness (QED) is 0.477. The Morgan fingerprint density at radius 3 is 2.86 bits per heavy atom. The molecule has 0 fully saturated rings. The summed E-state index contributed by atoms with van der Waals surface area (Å²) in [7, 11) is 0. The maximum absolute atomic E-state index is 12.3. The van der Waals surface area contributed by atoms with Crippen LogP contribution < -0.4 is 5.32 Å². The molecule has 1 amide bonds. The fourth-order valence-corrected chi connectivity index (χ4v) is 3.96. The van der Waals surface area contributed by atoms with Gasteiger partial charge < -0.3 is 15.0 Å². The molecule has 0 aliphatic carbocycles. The smallest absolute Gasteiger partial charge is 0.234 e. The molecule has 0 unspecified atom stereocenters. The van der Waals surface area contributed by atoms with Crippen LogP contribution in [0, 0.1) is 6.92 Å². The summed E-state index contributed by atoms with van der Waals surface area (Å²) in [6.45, 7) is 4.42. The molecule has 0 aliphatic rings. The van der Waals surface area contributed by atoms with Crippen LogP contribution in [0.4, 0.5) is 5.69 Å². The van der Waals surface area contributed by atoms with Gasteiger partial charge in [0, 0.05) is 21.7 Å². The van der Waals surface area contributed by atoms with E-state index in [0.717, 1.165) is 10.0 Å². The van der Waals surface area contributed by atoms with E-state index < -0.39 is 0 Å². The van der Waals surface area contributed by atoms with Crippen LogP contribution in [0.25, 0.3) is 11.4 Å². The number of hydrogen-bond acceptors (Lipinski definition) is 5. The number of carbonyl (C=O) groups excluding carboxylic acids is 1. The number of carbonyl (C=O) groups is 1. The average Bonchev–Trinajstić information content (AvgIpc) is 3.08. The molecule has 1 heterocycles. The van der Waals surface area contributed by atoms with Gasteiger partial charge >= 0.3 is 0 Å². The van der Waals surface area contributed by atoms with Crippen LogP contribution in [-0.4, -0.2) is 31.5 Å². The van der Waals surface area contributed by atoms with Gasteiger partial charge in [-0.15, -0.1) is 10.2 Å². The first-order valence-corrected chi connectivity index (χ1v) is 10.7. The van der Waals surface area contributed by atoms with Crippen molar-refractivity contribution in [1.29, 1.82) is 0 Å². The molecule has 0 bridgehead atoms. The Hall–Kier alpha value is -2.03. The zero-order chi connectivity index (χ0) is 20.3. The van der Waals surface area contributed by atoms with Crippen LogP contribution in [0.1, 0.15) is 12.5 Å². The van der Waals surface area contributed by atoms with Crippen molar-refractivity contribution in [1.82, 2.24) is 14.8 Å². The zero-order valence-electron chi connectivity index (χ0n) is 15.2. The standard InChI is InChI=1S/C19H18BrClN4O2S/c1-3-25-18(13-9-12(20)7-8-16(13)26)23-24-19(25)28-10-17(27)22-15-6-4-5-14(21)11(15)2/h4-9,26H,3,10H2,1-2H3,(H,22,27). The van der Waals surface area contributed by atoms with E-state index in [2.05, 4.69) is 31.4 Å². The Morgan fingerprint density at radius 2 is 2.11 bits per heavy atom. The number of benzene rings is 2. The summed E-state index contributed by atoms with van der Waals surface area (Å²) >= 11 is 10.8. The molecule has 146 valence electrons. The minimum Gasteiger partial charge on any atom is -0.507 e.